The van der Waals surface area contributed by atoms with E-state index in [1.807, 2.05) is 31.2 Å². The highest BCUT2D eigenvalue weighted by molar-refractivity contribution is 9.10. The van der Waals surface area contributed by atoms with Gasteiger partial charge in [0.1, 0.15) is 0 Å². The van der Waals surface area contributed by atoms with Crippen molar-refractivity contribution in [2.75, 3.05) is 11.6 Å². The number of rotatable bonds is 7. The lowest BCUT2D eigenvalue weighted by Gasteiger charge is -2.14. The molecular formula is C12H17BrClNO2S. The van der Waals surface area contributed by atoms with Gasteiger partial charge in [-0.05, 0) is 37.5 Å². The molecule has 0 aliphatic heterocycles. The Morgan fingerprint density at radius 3 is 2.44 bits per heavy atom. The average Bonchev–Trinajstić information content (AvgIpc) is 2.29. The fourth-order valence-corrected chi connectivity index (χ4v) is 3.36. The number of nitrogens with one attached hydrogen (secondary N) is 1. The molecule has 102 valence electrons. The summed E-state index contributed by atoms with van der Waals surface area (Å²) in [6.45, 7) is 1.84. The Bertz CT molecular complexity index is 461. The molecule has 0 radical (unpaired) electrons. The van der Waals surface area contributed by atoms with Gasteiger partial charge >= 0.3 is 0 Å². The van der Waals surface area contributed by atoms with Gasteiger partial charge in [-0.2, -0.15) is 0 Å². The van der Waals surface area contributed by atoms with E-state index in [2.05, 4.69) is 20.7 Å². The number of halogens is 2. The zero-order valence-electron chi connectivity index (χ0n) is 10.2. The predicted octanol–water partition coefficient (Wildman–Crippen LogP) is 3.45. The Morgan fingerprint density at radius 2 is 1.89 bits per heavy atom. The van der Waals surface area contributed by atoms with Crippen LogP contribution in [-0.2, 0) is 10.0 Å². The van der Waals surface area contributed by atoms with E-state index < -0.39 is 10.0 Å². The molecule has 0 amide bonds. The lowest BCUT2D eigenvalue weighted by molar-refractivity contribution is 0.564. The van der Waals surface area contributed by atoms with E-state index in [-0.39, 0.29) is 11.8 Å². The summed E-state index contributed by atoms with van der Waals surface area (Å²) in [5.74, 6) is 0.623. The minimum atomic E-state index is -3.23. The Morgan fingerprint density at radius 1 is 1.28 bits per heavy atom. The molecule has 18 heavy (non-hydrogen) atoms. The zero-order valence-corrected chi connectivity index (χ0v) is 13.4. The molecule has 0 aliphatic rings. The molecule has 1 rings (SSSR count). The molecule has 0 fully saturated rings. The quantitative estimate of drug-likeness (QED) is 0.602. The summed E-state index contributed by atoms with van der Waals surface area (Å²) in [6, 6.07) is 7.37. The minimum absolute atomic E-state index is 0.126. The van der Waals surface area contributed by atoms with Crippen LogP contribution in [0.5, 0.6) is 0 Å². The minimum Gasteiger partial charge on any atom is -0.212 e. The van der Waals surface area contributed by atoms with Crippen molar-refractivity contribution in [3.63, 3.8) is 0 Å². The van der Waals surface area contributed by atoms with Crippen LogP contribution in [-0.4, -0.2) is 20.1 Å². The molecule has 1 atom stereocenters. The highest BCUT2D eigenvalue weighted by Gasteiger charge is 2.15. The maximum absolute atomic E-state index is 11.8. The van der Waals surface area contributed by atoms with Gasteiger partial charge in [0.05, 0.1) is 5.75 Å². The maximum Gasteiger partial charge on any atom is 0.212 e. The van der Waals surface area contributed by atoms with Crippen molar-refractivity contribution in [2.24, 2.45) is 0 Å². The van der Waals surface area contributed by atoms with Gasteiger partial charge in [0.25, 0.3) is 0 Å². The second kappa shape index (κ2) is 7.48. The second-order valence-electron chi connectivity index (χ2n) is 4.11. The summed E-state index contributed by atoms with van der Waals surface area (Å²) in [5.41, 5.74) is 0.944. The third kappa shape index (κ3) is 5.69. The van der Waals surface area contributed by atoms with Crippen LogP contribution in [0.15, 0.2) is 28.7 Å². The van der Waals surface area contributed by atoms with Gasteiger partial charge in [-0.1, -0.05) is 28.1 Å². The smallest absolute Gasteiger partial charge is 0.212 e. The molecule has 0 heterocycles. The van der Waals surface area contributed by atoms with Crippen molar-refractivity contribution in [3.05, 3.63) is 34.3 Å². The normalized spacial score (nSPS) is 13.5. The molecule has 0 saturated carbocycles. The highest BCUT2D eigenvalue weighted by atomic mass is 79.9. The lowest BCUT2D eigenvalue weighted by Crippen LogP contribution is -2.29. The first-order valence-corrected chi connectivity index (χ1v) is 8.74. The van der Waals surface area contributed by atoms with Crippen molar-refractivity contribution in [2.45, 2.75) is 25.8 Å². The summed E-state index contributed by atoms with van der Waals surface area (Å²) >= 11 is 8.87. The van der Waals surface area contributed by atoms with Gasteiger partial charge in [0.2, 0.25) is 10.0 Å². The van der Waals surface area contributed by atoms with Gasteiger partial charge in [-0.15, -0.1) is 11.6 Å². The van der Waals surface area contributed by atoms with Crippen LogP contribution < -0.4 is 4.72 Å². The van der Waals surface area contributed by atoms with Crippen molar-refractivity contribution >= 4 is 37.6 Å². The van der Waals surface area contributed by atoms with Crippen LogP contribution >= 0.6 is 27.5 Å². The number of alkyl halides is 1. The van der Waals surface area contributed by atoms with Crippen LogP contribution in [0.1, 0.15) is 31.4 Å². The molecule has 0 aliphatic carbocycles. The molecule has 1 N–H and O–H groups in total. The Balaban J connectivity index is 2.58. The molecule has 0 aromatic heterocycles. The molecule has 6 heteroatoms. The third-order valence-corrected chi connectivity index (χ3v) is 4.86. The molecule has 0 saturated heterocycles. The molecular weight excluding hydrogens is 338 g/mol. The molecule has 1 aromatic carbocycles. The topological polar surface area (TPSA) is 46.2 Å². The van der Waals surface area contributed by atoms with Crippen LogP contribution in [0.25, 0.3) is 0 Å². The Hall–Kier alpha value is -0.100. The maximum atomic E-state index is 11.8. The summed E-state index contributed by atoms with van der Waals surface area (Å²) in [5, 5.41) is 0. The highest BCUT2D eigenvalue weighted by Crippen LogP contribution is 2.17. The van der Waals surface area contributed by atoms with Crippen molar-refractivity contribution in [1.29, 1.82) is 0 Å². The van der Waals surface area contributed by atoms with E-state index in [4.69, 9.17) is 11.6 Å². The number of benzene rings is 1. The molecule has 0 spiro atoms. The monoisotopic (exact) mass is 353 g/mol. The van der Waals surface area contributed by atoms with Gasteiger partial charge in [-0.25, -0.2) is 13.1 Å². The molecule has 0 bridgehead atoms. The largest absolute Gasteiger partial charge is 0.212 e. The van der Waals surface area contributed by atoms with E-state index >= 15 is 0 Å². The van der Waals surface area contributed by atoms with Crippen LogP contribution in [0, 0.1) is 0 Å². The first kappa shape index (κ1) is 16.0. The second-order valence-corrected chi connectivity index (χ2v) is 7.27. The lowest BCUT2D eigenvalue weighted by atomic mass is 10.1. The predicted molar refractivity (Wildman–Crippen MR) is 79.4 cm³/mol. The average molecular weight is 355 g/mol. The first-order valence-electron chi connectivity index (χ1n) is 5.76. The number of hydrogen-bond donors (Lipinski definition) is 1. The van der Waals surface area contributed by atoms with E-state index in [0.717, 1.165) is 16.5 Å². The van der Waals surface area contributed by atoms with Gasteiger partial charge in [0, 0.05) is 16.4 Å². The number of sulfonamides is 1. The standard InChI is InChI=1S/C12H17BrClNO2S/c1-10(11-4-6-12(13)7-5-11)15-18(16,17)9-3-2-8-14/h4-7,10,15H,2-3,8-9H2,1H3. The van der Waals surface area contributed by atoms with Gasteiger partial charge in [0.15, 0.2) is 0 Å². The summed E-state index contributed by atoms with van der Waals surface area (Å²) in [7, 11) is -3.23. The Labute approximate surface area is 122 Å². The summed E-state index contributed by atoms with van der Waals surface area (Å²) < 4.78 is 27.2. The third-order valence-electron chi connectivity index (χ3n) is 2.52. The fourth-order valence-electron chi connectivity index (χ4n) is 1.53. The first-order chi connectivity index (χ1) is 8.44. The SMILES string of the molecule is CC(NS(=O)(=O)CCCCCl)c1ccc(Br)cc1. The van der Waals surface area contributed by atoms with Crippen LogP contribution in [0.2, 0.25) is 0 Å². The van der Waals surface area contributed by atoms with E-state index in [0.29, 0.717) is 12.3 Å². The van der Waals surface area contributed by atoms with E-state index in [9.17, 15) is 8.42 Å². The number of unbranched alkanes of at least 4 members (excludes halogenated alkanes) is 1. The van der Waals surface area contributed by atoms with E-state index in [1.165, 1.54) is 0 Å². The summed E-state index contributed by atoms with van der Waals surface area (Å²) in [4.78, 5) is 0. The fraction of sp³-hybridized carbons (Fsp3) is 0.500. The molecule has 1 aromatic rings. The molecule has 1 unspecified atom stereocenters. The van der Waals surface area contributed by atoms with Gasteiger partial charge < -0.3 is 0 Å². The van der Waals surface area contributed by atoms with Crippen molar-refractivity contribution in [1.82, 2.24) is 4.72 Å². The number of hydrogen-bond acceptors (Lipinski definition) is 2. The van der Waals surface area contributed by atoms with Crippen molar-refractivity contribution < 1.29 is 8.42 Å². The zero-order chi connectivity index (χ0) is 13.6. The van der Waals surface area contributed by atoms with Crippen LogP contribution in [0.3, 0.4) is 0 Å². The Kier molecular flexibility index (Phi) is 6.63. The summed E-state index contributed by atoms with van der Waals surface area (Å²) in [6.07, 6.45) is 1.31. The van der Waals surface area contributed by atoms with Gasteiger partial charge in [-0.3, -0.25) is 0 Å². The van der Waals surface area contributed by atoms with Crippen molar-refractivity contribution in [3.8, 4) is 0 Å². The van der Waals surface area contributed by atoms with E-state index in [1.54, 1.807) is 0 Å². The van der Waals surface area contributed by atoms with Crippen LogP contribution in [0.4, 0.5) is 0 Å². The molecule has 3 nitrogen and oxygen atoms in total.